The minimum absolute atomic E-state index is 0.297. The number of aromatic nitrogens is 1. The minimum atomic E-state index is -0.297. The monoisotopic (exact) mass is 385 g/mol. The van der Waals surface area contributed by atoms with Crippen molar-refractivity contribution in [2.75, 3.05) is 19.0 Å². The van der Waals surface area contributed by atoms with Crippen molar-refractivity contribution in [1.29, 1.82) is 0 Å². The number of rotatable bonds is 6. The molecule has 1 aromatic heterocycles. The molecule has 3 rings (SSSR count). The molecule has 7 heteroatoms. The number of hydrogen-bond donors (Lipinski definition) is 2. The summed E-state index contributed by atoms with van der Waals surface area (Å²) in [6, 6.07) is 14.2. The molecule has 2 amide bonds. The summed E-state index contributed by atoms with van der Waals surface area (Å²) in [6.45, 7) is 2.29. The number of aryl methyl sites for hydroxylation is 1. The summed E-state index contributed by atoms with van der Waals surface area (Å²) in [5.41, 5.74) is 2.32. The zero-order chi connectivity index (χ0) is 19.2. The Morgan fingerprint density at radius 1 is 1.22 bits per heavy atom. The fourth-order valence-corrected chi connectivity index (χ4v) is 2.74. The van der Waals surface area contributed by atoms with Gasteiger partial charge >= 0.3 is 6.03 Å². The topological polar surface area (TPSA) is 76.4 Å². The van der Waals surface area contributed by atoms with Crippen LogP contribution in [0.1, 0.15) is 11.5 Å². The zero-order valence-electron chi connectivity index (χ0n) is 15.1. The summed E-state index contributed by atoms with van der Waals surface area (Å²) in [6.07, 6.45) is 0.564. The van der Waals surface area contributed by atoms with Gasteiger partial charge in [-0.1, -0.05) is 17.7 Å². The molecule has 0 saturated carbocycles. The summed E-state index contributed by atoms with van der Waals surface area (Å²) < 4.78 is 10.9. The van der Waals surface area contributed by atoms with Gasteiger partial charge < -0.3 is 19.8 Å². The summed E-state index contributed by atoms with van der Waals surface area (Å²) in [7, 11) is 1.62. The summed E-state index contributed by atoms with van der Waals surface area (Å²) >= 11 is 5.90. The second-order valence-corrected chi connectivity index (χ2v) is 6.33. The number of ether oxygens (including phenoxy) is 1. The highest BCUT2D eigenvalue weighted by Crippen LogP contribution is 2.24. The van der Waals surface area contributed by atoms with Gasteiger partial charge in [0.15, 0.2) is 0 Å². The third kappa shape index (κ3) is 5.01. The quantitative estimate of drug-likeness (QED) is 0.646. The highest BCUT2D eigenvalue weighted by atomic mass is 35.5. The Morgan fingerprint density at radius 2 is 2.00 bits per heavy atom. The number of hydrogen-bond acceptors (Lipinski definition) is 4. The molecule has 140 valence electrons. The Kier molecular flexibility index (Phi) is 5.98. The van der Waals surface area contributed by atoms with E-state index in [-0.39, 0.29) is 6.03 Å². The number of methoxy groups -OCH3 is 1. The fraction of sp³-hybridized carbons (Fsp3) is 0.200. The number of urea groups is 1. The van der Waals surface area contributed by atoms with E-state index in [0.717, 1.165) is 22.8 Å². The molecule has 2 N–H and O–H groups in total. The van der Waals surface area contributed by atoms with Crippen molar-refractivity contribution in [2.24, 2.45) is 0 Å². The van der Waals surface area contributed by atoms with Gasteiger partial charge in [-0.3, -0.25) is 0 Å². The number of nitrogens with zero attached hydrogens (tertiary/aromatic N) is 1. The minimum Gasteiger partial charge on any atom is -0.497 e. The van der Waals surface area contributed by atoms with Gasteiger partial charge in [0.05, 0.1) is 12.8 Å². The molecule has 0 aliphatic rings. The molecule has 0 unspecified atom stereocenters. The van der Waals surface area contributed by atoms with Crippen LogP contribution in [0.4, 0.5) is 10.5 Å². The first-order valence-electron chi connectivity index (χ1n) is 8.46. The van der Waals surface area contributed by atoms with Crippen molar-refractivity contribution < 1.29 is 13.9 Å². The molecule has 0 fully saturated rings. The van der Waals surface area contributed by atoms with Crippen LogP contribution in [0.5, 0.6) is 5.75 Å². The van der Waals surface area contributed by atoms with Gasteiger partial charge in [0.25, 0.3) is 0 Å². The number of carbonyl (C=O) groups is 1. The third-order valence-corrected chi connectivity index (χ3v) is 4.19. The van der Waals surface area contributed by atoms with Gasteiger partial charge in [-0.25, -0.2) is 9.78 Å². The van der Waals surface area contributed by atoms with Gasteiger partial charge in [-0.15, -0.1) is 0 Å². The molecule has 1 heterocycles. The molecule has 0 bridgehead atoms. The van der Waals surface area contributed by atoms with E-state index in [1.54, 1.807) is 31.4 Å². The lowest BCUT2D eigenvalue weighted by atomic mass is 10.2. The highest BCUT2D eigenvalue weighted by Gasteiger charge is 2.12. The lowest BCUT2D eigenvalue weighted by Gasteiger charge is -2.07. The number of anilines is 1. The van der Waals surface area contributed by atoms with Gasteiger partial charge in [0.2, 0.25) is 5.89 Å². The molecule has 0 aliphatic carbocycles. The van der Waals surface area contributed by atoms with Crippen molar-refractivity contribution in [3.05, 3.63) is 65.0 Å². The van der Waals surface area contributed by atoms with E-state index in [1.165, 1.54) is 0 Å². The maximum absolute atomic E-state index is 12.0. The molecule has 27 heavy (non-hydrogen) atoms. The van der Waals surface area contributed by atoms with Crippen molar-refractivity contribution in [1.82, 2.24) is 10.3 Å². The van der Waals surface area contributed by atoms with Crippen molar-refractivity contribution >= 4 is 23.3 Å². The predicted octanol–water partition coefficient (Wildman–Crippen LogP) is 4.68. The van der Waals surface area contributed by atoms with Crippen LogP contribution in [-0.4, -0.2) is 24.7 Å². The smallest absolute Gasteiger partial charge is 0.319 e. The first kappa shape index (κ1) is 18.8. The SMILES string of the molecule is COc1ccc(-c2nc(CCNC(=O)Nc3cccc(Cl)c3)c(C)o2)cc1. The number of nitrogens with one attached hydrogen (secondary N) is 2. The van der Waals surface area contributed by atoms with Crippen molar-refractivity contribution in [2.45, 2.75) is 13.3 Å². The first-order valence-corrected chi connectivity index (χ1v) is 8.84. The molecular weight excluding hydrogens is 366 g/mol. The first-order chi connectivity index (χ1) is 13.0. The molecule has 0 saturated heterocycles. The normalized spacial score (nSPS) is 10.5. The average molecular weight is 386 g/mol. The summed E-state index contributed by atoms with van der Waals surface area (Å²) in [5, 5.41) is 6.10. The largest absolute Gasteiger partial charge is 0.497 e. The lowest BCUT2D eigenvalue weighted by Crippen LogP contribution is -2.30. The van der Waals surface area contributed by atoms with Crippen LogP contribution in [0.2, 0.25) is 5.02 Å². The standard InChI is InChI=1S/C20H20ClN3O3/c1-13-18(24-19(27-13)14-6-8-17(26-2)9-7-14)10-11-22-20(25)23-16-5-3-4-15(21)12-16/h3-9,12H,10-11H2,1-2H3,(H2,22,23,25). The summed E-state index contributed by atoms with van der Waals surface area (Å²) in [4.78, 5) is 16.5. The van der Waals surface area contributed by atoms with E-state index in [9.17, 15) is 4.79 Å². The van der Waals surface area contributed by atoms with E-state index in [0.29, 0.717) is 29.6 Å². The van der Waals surface area contributed by atoms with Crippen LogP contribution < -0.4 is 15.4 Å². The molecule has 3 aromatic rings. The van der Waals surface area contributed by atoms with Crippen LogP contribution in [0.15, 0.2) is 52.9 Å². The molecule has 2 aromatic carbocycles. The van der Waals surface area contributed by atoms with Crippen LogP contribution in [-0.2, 0) is 6.42 Å². The number of halogens is 1. The number of amides is 2. The average Bonchev–Trinajstić information content (AvgIpc) is 3.02. The molecule has 0 atom stereocenters. The molecule has 6 nitrogen and oxygen atoms in total. The Balaban J connectivity index is 1.55. The van der Waals surface area contributed by atoms with Gasteiger partial charge in [0.1, 0.15) is 11.5 Å². The zero-order valence-corrected chi connectivity index (χ0v) is 15.8. The van der Waals surface area contributed by atoms with Crippen molar-refractivity contribution in [3.8, 4) is 17.2 Å². The number of oxazole rings is 1. The van der Waals surface area contributed by atoms with Crippen LogP contribution in [0, 0.1) is 6.92 Å². The van der Waals surface area contributed by atoms with E-state index in [1.807, 2.05) is 31.2 Å². The Hall–Kier alpha value is -2.99. The molecular formula is C20H20ClN3O3. The Morgan fingerprint density at radius 3 is 2.70 bits per heavy atom. The highest BCUT2D eigenvalue weighted by molar-refractivity contribution is 6.30. The van der Waals surface area contributed by atoms with Gasteiger partial charge in [-0.05, 0) is 49.4 Å². The van der Waals surface area contributed by atoms with E-state index in [4.69, 9.17) is 20.8 Å². The lowest BCUT2D eigenvalue weighted by molar-refractivity contribution is 0.252. The molecule has 0 aliphatic heterocycles. The number of benzene rings is 2. The van der Waals surface area contributed by atoms with E-state index < -0.39 is 0 Å². The molecule has 0 radical (unpaired) electrons. The van der Waals surface area contributed by atoms with Gasteiger partial charge in [-0.2, -0.15) is 0 Å². The van der Waals surface area contributed by atoms with Crippen LogP contribution in [0.3, 0.4) is 0 Å². The van der Waals surface area contributed by atoms with E-state index >= 15 is 0 Å². The fourth-order valence-electron chi connectivity index (χ4n) is 2.55. The predicted molar refractivity (Wildman–Crippen MR) is 105 cm³/mol. The second kappa shape index (κ2) is 8.60. The van der Waals surface area contributed by atoms with Crippen LogP contribution >= 0.6 is 11.6 Å². The maximum Gasteiger partial charge on any atom is 0.319 e. The third-order valence-electron chi connectivity index (χ3n) is 3.96. The van der Waals surface area contributed by atoms with Crippen LogP contribution in [0.25, 0.3) is 11.5 Å². The van der Waals surface area contributed by atoms with Crippen molar-refractivity contribution in [3.63, 3.8) is 0 Å². The Labute approximate surface area is 162 Å². The second-order valence-electron chi connectivity index (χ2n) is 5.89. The summed E-state index contributed by atoms with van der Waals surface area (Å²) in [5.74, 6) is 2.06. The maximum atomic E-state index is 12.0. The van der Waals surface area contributed by atoms with Gasteiger partial charge in [0, 0.05) is 29.2 Å². The molecule has 0 spiro atoms. The Bertz CT molecular complexity index is 922. The van der Waals surface area contributed by atoms with E-state index in [2.05, 4.69) is 15.6 Å². The number of carbonyl (C=O) groups excluding carboxylic acids is 1.